The van der Waals surface area contributed by atoms with E-state index >= 15 is 0 Å². The molecular weight excluding hydrogens is 296 g/mol. The fraction of sp³-hybridized carbons (Fsp3) is 0.471. The van der Waals surface area contributed by atoms with Gasteiger partial charge in [0.15, 0.2) is 0 Å². The van der Waals surface area contributed by atoms with Crippen molar-refractivity contribution < 1.29 is 19.9 Å². The SMILES string of the molecule is CON1C(=O)C(c2ccc(C)cc2C)=C(O)C12CCN(O)CC2. The van der Waals surface area contributed by atoms with Gasteiger partial charge in [-0.3, -0.25) is 9.63 Å². The fourth-order valence-electron chi connectivity index (χ4n) is 3.63. The topological polar surface area (TPSA) is 73.2 Å². The number of carbonyl (C=O) groups excluding carboxylic acids is 1. The van der Waals surface area contributed by atoms with Crippen LogP contribution in [0.15, 0.2) is 24.0 Å². The molecule has 1 amide bonds. The van der Waals surface area contributed by atoms with Crippen LogP contribution >= 0.6 is 0 Å². The summed E-state index contributed by atoms with van der Waals surface area (Å²) >= 11 is 0. The van der Waals surface area contributed by atoms with Crippen LogP contribution in [0.2, 0.25) is 0 Å². The van der Waals surface area contributed by atoms with Gasteiger partial charge in [0.25, 0.3) is 5.91 Å². The number of amides is 1. The first kappa shape index (κ1) is 16.0. The molecule has 1 spiro atoms. The lowest BCUT2D eigenvalue weighted by Crippen LogP contribution is -2.54. The van der Waals surface area contributed by atoms with Crippen LogP contribution in [0.25, 0.3) is 5.57 Å². The molecule has 0 radical (unpaired) electrons. The Bertz CT molecular complexity index is 675. The van der Waals surface area contributed by atoms with Crippen LogP contribution < -0.4 is 0 Å². The number of hydrogen-bond donors (Lipinski definition) is 2. The van der Waals surface area contributed by atoms with Gasteiger partial charge in [-0.15, -0.1) is 0 Å². The van der Waals surface area contributed by atoms with Gasteiger partial charge in [0.1, 0.15) is 11.3 Å². The van der Waals surface area contributed by atoms with E-state index in [4.69, 9.17) is 4.84 Å². The molecule has 2 N–H and O–H groups in total. The molecule has 2 aliphatic rings. The first-order valence-electron chi connectivity index (χ1n) is 7.74. The number of piperidine rings is 1. The smallest absolute Gasteiger partial charge is 0.282 e. The molecule has 2 aliphatic heterocycles. The number of hydrogen-bond acceptors (Lipinski definition) is 5. The number of benzene rings is 1. The summed E-state index contributed by atoms with van der Waals surface area (Å²) in [4.78, 5) is 18.2. The predicted molar refractivity (Wildman–Crippen MR) is 84.6 cm³/mol. The van der Waals surface area contributed by atoms with Crippen molar-refractivity contribution in [3.05, 3.63) is 40.6 Å². The Balaban J connectivity index is 2.12. The number of hydroxylamine groups is 4. The lowest BCUT2D eigenvalue weighted by Gasteiger charge is -2.41. The highest BCUT2D eigenvalue weighted by Gasteiger charge is 2.54. The maximum atomic E-state index is 12.8. The Hall–Kier alpha value is -1.89. The molecule has 0 atom stereocenters. The Labute approximate surface area is 135 Å². The molecule has 1 aromatic carbocycles. The van der Waals surface area contributed by atoms with Gasteiger partial charge in [-0.25, -0.2) is 5.06 Å². The van der Waals surface area contributed by atoms with E-state index in [-0.39, 0.29) is 11.7 Å². The van der Waals surface area contributed by atoms with Crippen LogP contribution in [0, 0.1) is 13.8 Å². The largest absolute Gasteiger partial charge is 0.509 e. The molecule has 0 unspecified atom stereocenters. The summed E-state index contributed by atoms with van der Waals surface area (Å²) in [6.07, 6.45) is 0.840. The van der Waals surface area contributed by atoms with Gasteiger partial charge in [0.05, 0.1) is 12.7 Å². The van der Waals surface area contributed by atoms with Crippen LogP contribution in [-0.2, 0) is 9.63 Å². The Morgan fingerprint density at radius 2 is 1.87 bits per heavy atom. The van der Waals surface area contributed by atoms with Gasteiger partial charge in [-0.2, -0.15) is 5.06 Å². The average molecular weight is 318 g/mol. The van der Waals surface area contributed by atoms with Crippen molar-refractivity contribution in [1.82, 2.24) is 10.1 Å². The maximum Gasteiger partial charge on any atom is 0.282 e. The number of aryl methyl sites for hydroxylation is 2. The van der Waals surface area contributed by atoms with Gasteiger partial charge < -0.3 is 10.3 Å². The van der Waals surface area contributed by atoms with Crippen LogP contribution in [0.1, 0.15) is 29.5 Å². The zero-order valence-corrected chi connectivity index (χ0v) is 13.7. The summed E-state index contributed by atoms with van der Waals surface area (Å²) in [6.45, 7) is 4.66. The molecule has 0 aliphatic carbocycles. The summed E-state index contributed by atoms with van der Waals surface area (Å²) in [5.74, 6) is -0.284. The highest BCUT2D eigenvalue weighted by molar-refractivity contribution is 6.23. The molecule has 0 aromatic heterocycles. The zero-order chi connectivity index (χ0) is 16.8. The van der Waals surface area contributed by atoms with Crippen molar-refractivity contribution in [1.29, 1.82) is 0 Å². The van der Waals surface area contributed by atoms with Gasteiger partial charge >= 0.3 is 0 Å². The number of rotatable bonds is 2. The Morgan fingerprint density at radius 1 is 1.22 bits per heavy atom. The third-order valence-corrected chi connectivity index (χ3v) is 4.87. The molecule has 0 bridgehead atoms. The fourth-order valence-corrected chi connectivity index (χ4v) is 3.63. The molecule has 0 saturated carbocycles. The van der Waals surface area contributed by atoms with Crippen LogP contribution in [0.3, 0.4) is 0 Å². The quantitative estimate of drug-likeness (QED) is 0.874. The molecule has 3 rings (SSSR count). The van der Waals surface area contributed by atoms with E-state index in [9.17, 15) is 15.1 Å². The van der Waals surface area contributed by atoms with Gasteiger partial charge in [0.2, 0.25) is 0 Å². The molecule has 1 aromatic rings. The Kier molecular flexibility index (Phi) is 3.91. The summed E-state index contributed by atoms with van der Waals surface area (Å²) in [6, 6.07) is 5.78. The number of aliphatic hydroxyl groups is 1. The van der Waals surface area contributed by atoms with E-state index in [2.05, 4.69) is 0 Å². The lowest BCUT2D eigenvalue weighted by molar-refractivity contribution is -0.215. The predicted octanol–water partition coefficient (Wildman–Crippen LogP) is 2.20. The first-order valence-corrected chi connectivity index (χ1v) is 7.74. The number of nitrogens with zero attached hydrogens (tertiary/aromatic N) is 2. The average Bonchev–Trinajstić information content (AvgIpc) is 2.71. The highest BCUT2D eigenvalue weighted by Crippen LogP contribution is 2.45. The molecule has 23 heavy (non-hydrogen) atoms. The van der Waals surface area contributed by atoms with E-state index in [1.807, 2.05) is 32.0 Å². The molecule has 124 valence electrons. The number of carbonyl (C=O) groups is 1. The van der Waals surface area contributed by atoms with Gasteiger partial charge in [-0.05, 0) is 37.8 Å². The van der Waals surface area contributed by atoms with Crippen molar-refractivity contribution in [2.24, 2.45) is 0 Å². The first-order chi connectivity index (χ1) is 10.9. The molecule has 1 saturated heterocycles. The standard InChI is InChI=1S/C17H22N2O4/c1-11-4-5-13(12(2)10-11)14-15(20)17(19(23-3)16(14)21)6-8-18(22)9-7-17/h4-5,10,20,22H,6-9H2,1-3H3. The van der Waals surface area contributed by atoms with Crippen molar-refractivity contribution in [3.63, 3.8) is 0 Å². The molecule has 6 nitrogen and oxygen atoms in total. The zero-order valence-electron chi connectivity index (χ0n) is 13.7. The normalized spacial score (nSPS) is 21.6. The van der Waals surface area contributed by atoms with E-state index in [1.165, 1.54) is 17.2 Å². The van der Waals surface area contributed by atoms with E-state index in [1.54, 1.807) is 0 Å². The summed E-state index contributed by atoms with van der Waals surface area (Å²) in [7, 11) is 1.43. The van der Waals surface area contributed by atoms with Crippen molar-refractivity contribution in [2.75, 3.05) is 20.2 Å². The van der Waals surface area contributed by atoms with Gasteiger partial charge in [0, 0.05) is 13.1 Å². The molecule has 1 fully saturated rings. The summed E-state index contributed by atoms with van der Waals surface area (Å²) in [5.41, 5.74) is 2.17. The molecule has 6 heteroatoms. The monoisotopic (exact) mass is 318 g/mol. The number of aliphatic hydroxyl groups excluding tert-OH is 1. The minimum Gasteiger partial charge on any atom is -0.509 e. The second kappa shape index (κ2) is 5.63. The van der Waals surface area contributed by atoms with Crippen molar-refractivity contribution in [2.45, 2.75) is 32.2 Å². The third kappa shape index (κ3) is 2.34. The molecule has 2 heterocycles. The van der Waals surface area contributed by atoms with E-state index in [0.29, 0.717) is 31.5 Å². The van der Waals surface area contributed by atoms with Crippen molar-refractivity contribution >= 4 is 11.5 Å². The van der Waals surface area contributed by atoms with Crippen LogP contribution in [-0.4, -0.2) is 52.1 Å². The van der Waals surface area contributed by atoms with E-state index < -0.39 is 5.54 Å². The highest BCUT2D eigenvalue weighted by atomic mass is 16.7. The molecular formula is C17H22N2O4. The second-order valence-corrected chi connectivity index (χ2v) is 6.31. The lowest BCUT2D eigenvalue weighted by atomic mass is 9.85. The van der Waals surface area contributed by atoms with Crippen LogP contribution in [0.5, 0.6) is 0 Å². The minimum absolute atomic E-state index is 0.0457. The van der Waals surface area contributed by atoms with Crippen LogP contribution in [0.4, 0.5) is 0 Å². The third-order valence-electron chi connectivity index (χ3n) is 4.87. The maximum absolute atomic E-state index is 12.8. The Morgan fingerprint density at radius 3 is 2.43 bits per heavy atom. The summed E-state index contributed by atoms with van der Waals surface area (Å²) in [5, 5.41) is 23.0. The van der Waals surface area contributed by atoms with Crippen molar-refractivity contribution in [3.8, 4) is 0 Å². The van der Waals surface area contributed by atoms with E-state index in [0.717, 1.165) is 16.7 Å². The van der Waals surface area contributed by atoms with Gasteiger partial charge in [-0.1, -0.05) is 23.8 Å². The second-order valence-electron chi connectivity index (χ2n) is 6.31. The summed E-state index contributed by atoms with van der Waals surface area (Å²) < 4.78 is 0. The minimum atomic E-state index is -0.891.